The summed E-state index contributed by atoms with van der Waals surface area (Å²) in [6, 6.07) is 10.5. The molecule has 6 heteroatoms. The van der Waals surface area contributed by atoms with Crippen LogP contribution in [0.5, 0.6) is 0 Å². The number of nitrogens with zero attached hydrogens (tertiary/aromatic N) is 1. The van der Waals surface area contributed by atoms with Crippen LogP contribution in [0.1, 0.15) is 18.9 Å². The van der Waals surface area contributed by atoms with E-state index in [4.69, 9.17) is 0 Å². The van der Waals surface area contributed by atoms with Crippen LogP contribution >= 0.6 is 0 Å². The molecule has 1 aromatic carbocycles. The molecule has 0 aliphatic heterocycles. The van der Waals surface area contributed by atoms with E-state index < -0.39 is 11.0 Å². The molecule has 3 N–H and O–H groups in total. The molecular formula is C12H24N2O3S. The quantitative estimate of drug-likeness (QED) is 0.802. The van der Waals surface area contributed by atoms with E-state index in [2.05, 4.69) is 47.4 Å². The van der Waals surface area contributed by atoms with Crippen molar-refractivity contribution in [3.63, 3.8) is 0 Å². The zero-order valence-electron chi connectivity index (χ0n) is 11.3. The van der Waals surface area contributed by atoms with Gasteiger partial charge in [-0.05, 0) is 26.1 Å². The highest BCUT2D eigenvalue weighted by Gasteiger charge is 1.90. The van der Waals surface area contributed by atoms with E-state index in [-0.39, 0.29) is 6.15 Å². The minimum Gasteiger partial charge on any atom is -0.344 e. The third-order valence-electron chi connectivity index (χ3n) is 1.74. The van der Waals surface area contributed by atoms with Crippen LogP contribution in [-0.4, -0.2) is 34.0 Å². The molecule has 0 aliphatic rings. The molecule has 0 radical (unpaired) electrons. The maximum absolute atomic E-state index is 9.57. The molecule has 0 aliphatic carbocycles. The van der Waals surface area contributed by atoms with E-state index in [1.54, 1.807) is 0 Å². The maximum Gasteiger partial charge on any atom is 0.257 e. The van der Waals surface area contributed by atoms with Gasteiger partial charge in [0.2, 0.25) is 0 Å². The normalized spacial score (nSPS) is 9.61. The van der Waals surface area contributed by atoms with E-state index in [9.17, 15) is 8.42 Å². The lowest BCUT2D eigenvalue weighted by Gasteiger charge is -2.08. The van der Waals surface area contributed by atoms with Gasteiger partial charge in [-0.15, -0.1) is 0 Å². The third kappa shape index (κ3) is 13.1. The van der Waals surface area contributed by atoms with Gasteiger partial charge in [-0.1, -0.05) is 37.3 Å². The minimum absolute atomic E-state index is 0. The molecule has 0 unspecified atom stereocenters. The fourth-order valence-corrected chi connectivity index (χ4v) is 1.45. The SMILES string of the molecule is CCCO[SH](=O)=O.CN(C)Cc1ccccc1.N. The number of benzene rings is 1. The predicted octanol–water partition coefficient (Wildman–Crippen LogP) is 1.85. The Labute approximate surface area is 112 Å². The monoisotopic (exact) mass is 276 g/mol. The average molecular weight is 276 g/mol. The van der Waals surface area contributed by atoms with E-state index in [1.165, 1.54) is 5.56 Å². The van der Waals surface area contributed by atoms with Crippen molar-refractivity contribution in [2.75, 3.05) is 20.7 Å². The van der Waals surface area contributed by atoms with Crippen molar-refractivity contribution in [2.24, 2.45) is 0 Å². The highest BCUT2D eigenvalue weighted by atomic mass is 32.2. The first-order valence-electron chi connectivity index (χ1n) is 5.52. The molecule has 0 bridgehead atoms. The van der Waals surface area contributed by atoms with E-state index in [1.807, 2.05) is 13.0 Å². The molecule has 106 valence electrons. The average Bonchev–Trinajstić information content (AvgIpc) is 2.27. The lowest BCUT2D eigenvalue weighted by Crippen LogP contribution is -2.10. The second-order valence-electron chi connectivity index (χ2n) is 3.78. The maximum atomic E-state index is 9.57. The fraction of sp³-hybridized carbons (Fsp3) is 0.500. The predicted molar refractivity (Wildman–Crippen MR) is 75.4 cm³/mol. The molecule has 0 atom stereocenters. The molecule has 0 amide bonds. The van der Waals surface area contributed by atoms with Crippen LogP contribution in [0, 0.1) is 0 Å². The smallest absolute Gasteiger partial charge is 0.257 e. The van der Waals surface area contributed by atoms with E-state index in [0.717, 1.165) is 13.0 Å². The van der Waals surface area contributed by atoms with Crippen LogP contribution in [0.15, 0.2) is 30.3 Å². The van der Waals surface area contributed by atoms with Crippen molar-refractivity contribution < 1.29 is 12.6 Å². The van der Waals surface area contributed by atoms with Gasteiger partial charge in [-0.2, -0.15) is 0 Å². The van der Waals surface area contributed by atoms with Crippen molar-refractivity contribution in [1.29, 1.82) is 0 Å². The summed E-state index contributed by atoms with van der Waals surface area (Å²) < 4.78 is 23.3. The van der Waals surface area contributed by atoms with Gasteiger partial charge >= 0.3 is 0 Å². The molecule has 0 saturated carbocycles. The molecule has 1 aromatic rings. The highest BCUT2D eigenvalue weighted by Crippen LogP contribution is 1.99. The molecule has 0 spiro atoms. The molecule has 0 saturated heterocycles. The van der Waals surface area contributed by atoms with Gasteiger partial charge in [0.15, 0.2) is 0 Å². The lowest BCUT2D eigenvalue weighted by atomic mass is 10.2. The van der Waals surface area contributed by atoms with Crippen molar-refractivity contribution in [3.8, 4) is 0 Å². The standard InChI is InChI=1S/C9H13N.C3H8O3S.H3N/c1-10(2)8-9-6-4-3-5-7-9;1-2-3-6-7(4)5;/h3-7H,8H2,1-2H3;7H,2-3H2,1H3;1H3. The van der Waals surface area contributed by atoms with Gasteiger partial charge in [0.25, 0.3) is 11.0 Å². The van der Waals surface area contributed by atoms with Crippen molar-refractivity contribution in [1.82, 2.24) is 11.1 Å². The van der Waals surface area contributed by atoms with Gasteiger partial charge < -0.3 is 11.1 Å². The molecule has 0 heterocycles. The van der Waals surface area contributed by atoms with Gasteiger partial charge in [0.05, 0.1) is 6.61 Å². The Hall–Kier alpha value is -0.950. The first-order chi connectivity index (χ1) is 8.06. The largest absolute Gasteiger partial charge is 0.344 e. The summed E-state index contributed by atoms with van der Waals surface area (Å²) in [6.07, 6.45) is 0.739. The van der Waals surface area contributed by atoms with Crippen LogP contribution in [0.4, 0.5) is 0 Å². The summed E-state index contributed by atoms with van der Waals surface area (Å²) in [5.41, 5.74) is 1.37. The first kappa shape index (κ1) is 19.4. The number of rotatable bonds is 5. The third-order valence-corrected chi connectivity index (χ3v) is 2.14. The van der Waals surface area contributed by atoms with Crippen molar-refractivity contribution in [2.45, 2.75) is 19.9 Å². The molecule has 18 heavy (non-hydrogen) atoms. The summed E-state index contributed by atoms with van der Waals surface area (Å²) in [6.45, 7) is 3.18. The Morgan fingerprint density at radius 2 is 1.72 bits per heavy atom. The van der Waals surface area contributed by atoms with Crippen LogP contribution in [0.25, 0.3) is 0 Å². The zero-order valence-corrected chi connectivity index (χ0v) is 12.2. The fourth-order valence-electron chi connectivity index (χ4n) is 1.11. The number of hydrogen-bond donors (Lipinski definition) is 2. The molecule has 1 rings (SSSR count). The topological polar surface area (TPSA) is 81.6 Å². The second kappa shape index (κ2) is 12.5. The Morgan fingerprint density at radius 1 is 1.17 bits per heavy atom. The first-order valence-corrected chi connectivity index (χ1v) is 6.61. The lowest BCUT2D eigenvalue weighted by molar-refractivity contribution is 0.333. The summed E-state index contributed by atoms with van der Waals surface area (Å²) in [5.74, 6) is 0. The highest BCUT2D eigenvalue weighted by molar-refractivity contribution is 7.67. The van der Waals surface area contributed by atoms with Crippen LogP contribution < -0.4 is 6.15 Å². The van der Waals surface area contributed by atoms with Gasteiger partial charge in [-0.25, -0.2) is 8.42 Å². The van der Waals surface area contributed by atoms with Gasteiger partial charge in [0.1, 0.15) is 0 Å². The Balaban J connectivity index is 0. The summed E-state index contributed by atoms with van der Waals surface area (Å²) in [7, 11) is 1.55. The Bertz CT molecular complexity index is 346. The molecular weight excluding hydrogens is 252 g/mol. The molecule has 0 aromatic heterocycles. The van der Waals surface area contributed by atoms with Gasteiger partial charge in [0, 0.05) is 6.54 Å². The van der Waals surface area contributed by atoms with Crippen molar-refractivity contribution >= 4 is 11.0 Å². The number of hydrogen-bond acceptors (Lipinski definition) is 5. The molecule has 5 nitrogen and oxygen atoms in total. The number of thiol groups is 1. The van der Waals surface area contributed by atoms with Crippen LogP contribution in [0.3, 0.4) is 0 Å². The zero-order chi connectivity index (χ0) is 13.1. The minimum atomic E-state index is -2.61. The second-order valence-corrected chi connectivity index (χ2v) is 4.49. The van der Waals surface area contributed by atoms with E-state index in [0.29, 0.717) is 6.61 Å². The summed E-state index contributed by atoms with van der Waals surface area (Å²) in [5, 5.41) is 0. The van der Waals surface area contributed by atoms with Crippen LogP contribution in [-0.2, 0) is 21.7 Å². The Morgan fingerprint density at radius 3 is 2.06 bits per heavy atom. The van der Waals surface area contributed by atoms with Crippen LogP contribution in [0.2, 0.25) is 0 Å². The summed E-state index contributed by atoms with van der Waals surface area (Å²) >= 11 is 0. The Kier molecular flexibility index (Phi) is 13.5. The molecule has 0 fully saturated rings. The van der Waals surface area contributed by atoms with E-state index >= 15 is 0 Å². The van der Waals surface area contributed by atoms with Crippen molar-refractivity contribution in [3.05, 3.63) is 35.9 Å². The summed E-state index contributed by atoms with van der Waals surface area (Å²) in [4.78, 5) is 2.16. The van der Waals surface area contributed by atoms with Gasteiger partial charge in [-0.3, -0.25) is 4.18 Å².